The average Bonchev–Trinajstić information content (AvgIpc) is 2.79. The van der Waals surface area contributed by atoms with Crippen LogP contribution in [0.15, 0.2) is 16.3 Å². The number of allylic oxidation sites excluding steroid dienone is 2. The van der Waals surface area contributed by atoms with Crippen molar-refractivity contribution in [2.24, 2.45) is 28.3 Å². The summed E-state index contributed by atoms with van der Waals surface area (Å²) in [6.45, 7) is 1.89. The molecule has 4 rings (SSSR count). The lowest BCUT2D eigenvalue weighted by Gasteiger charge is -2.53. The van der Waals surface area contributed by atoms with Crippen LogP contribution in [0.5, 0.6) is 0 Å². The average molecular weight is 319 g/mol. The zero-order valence-corrected chi connectivity index (χ0v) is 13.9. The molecule has 3 nitrogen and oxygen atoms in total. The van der Waals surface area contributed by atoms with Gasteiger partial charge in [0, 0.05) is 18.3 Å². The van der Waals surface area contributed by atoms with Gasteiger partial charge in [-0.1, -0.05) is 23.2 Å². The van der Waals surface area contributed by atoms with E-state index in [1.165, 1.54) is 5.57 Å². The number of halogens is 1. The van der Waals surface area contributed by atoms with Gasteiger partial charge in [0.25, 0.3) is 0 Å². The van der Waals surface area contributed by atoms with E-state index >= 15 is 4.39 Å². The van der Waals surface area contributed by atoms with Crippen LogP contribution in [-0.4, -0.2) is 18.0 Å². The molecule has 4 aliphatic carbocycles. The molecule has 0 spiro atoms. The van der Waals surface area contributed by atoms with Crippen LogP contribution in [0, 0.1) is 28.1 Å². The molecule has 0 aromatic carbocycles. The van der Waals surface area contributed by atoms with E-state index in [0.29, 0.717) is 42.8 Å². The Morgan fingerprint density at radius 2 is 2.00 bits per heavy atom. The zero-order valence-electron chi connectivity index (χ0n) is 13.9. The molecule has 2 fully saturated rings. The van der Waals surface area contributed by atoms with E-state index in [0.717, 1.165) is 38.5 Å². The van der Waals surface area contributed by atoms with E-state index < -0.39 is 5.67 Å². The minimum absolute atomic E-state index is 0.181. The molecule has 0 aromatic heterocycles. The van der Waals surface area contributed by atoms with Gasteiger partial charge in [0.05, 0.1) is 0 Å². The van der Waals surface area contributed by atoms with Gasteiger partial charge in [-0.2, -0.15) is 4.91 Å². The molecule has 0 aliphatic heterocycles. The van der Waals surface area contributed by atoms with Gasteiger partial charge in [0.2, 0.25) is 0 Å². The third-order valence-corrected chi connectivity index (χ3v) is 7.78. The molecule has 3 unspecified atom stereocenters. The van der Waals surface area contributed by atoms with Crippen molar-refractivity contribution in [3.63, 3.8) is 0 Å². The standard InChI is InChI=1S/C19H26FNO2/c1-18-8-6-15-14-5-3-13(22)10-12(14)2-4-16(15)17(18)7-9-19(18,20)11-21-23/h15-17H,2-11H2,1H3/t15?,16?,17?,18-,19-/m0/s1. The molecule has 0 radical (unpaired) electrons. The zero-order chi connectivity index (χ0) is 16.2. The number of nitroso groups, excluding NO2 is 1. The van der Waals surface area contributed by atoms with Crippen molar-refractivity contribution < 1.29 is 9.18 Å². The highest BCUT2D eigenvalue weighted by molar-refractivity contribution is 5.82. The molecule has 2 saturated carbocycles. The number of nitrogens with zero attached hydrogens (tertiary/aromatic N) is 1. The van der Waals surface area contributed by atoms with Gasteiger partial charge in [0.15, 0.2) is 0 Å². The van der Waals surface area contributed by atoms with Crippen molar-refractivity contribution in [3.05, 3.63) is 16.1 Å². The van der Waals surface area contributed by atoms with Crippen molar-refractivity contribution in [1.29, 1.82) is 0 Å². The van der Waals surface area contributed by atoms with E-state index in [2.05, 4.69) is 12.1 Å². The highest BCUT2D eigenvalue weighted by Crippen LogP contribution is 2.65. The van der Waals surface area contributed by atoms with Crippen LogP contribution in [0.4, 0.5) is 4.39 Å². The van der Waals surface area contributed by atoms with Crippen molar-refractivity contribution >= 4 is 5.78 Å². The lowest BCUT2D eigenvalue weighted by atomic mass is 9.52. The summed E-state index contributed by atoms with van der Waals surface area (Å²) in [5, 5.41) is 2.93. The van der Waals surface area contributed by atoms with Gasteiger partial charge in [-0.15, -0.1) is 0 Å². The molecule has 5 atom stereocenters. The number of hydrogen-bond donors (Lipinski definition) is 0. The van der Waals surface area contributed by atoms with Crippen LogP contribution in [0.1, 0.15) is 64.7 Å². The first-order chi connectivity index (χ1) is 11.0. The molecule has 0 saturated heterocycles. The number of carbonyl (C=O) groups is 1. The lowest BCUT2D eigenvalue weighted by Crippen LogP contribution is -2.50. The number of alkyl halides is 1. The van der Waals surface area contributed by atoms with Crippen LogP contribution in [0.25, 0.3) is 0 Å². The third kappa shape index (κ3) is 2.09. The summed E-state index contributed by atoms with van der Waals surface area (Å²) in [6.07, 6.45) is 7.70. The summed E-state index contributed by atoms with van der Waals surface area (Å²) in [5.74, 6) is 1.88. The number of Topliss-reactive ketones (excluding diaryl/α,β-unsaturated/α-hetero) is 1. The largest absolute Gasteiger partial charge is 0.299 e. The van der Waals surface area contributed by atoms with Gasteiger partial charge in [0.1, 0.15) is 18.0 Å². The molecule has 0 N–H and O–H groups in total. The van der Waals surface area contributed by atoms with Gasteiger partial charge >= 0.3 is 0 Å². The number of hydrogen-bond acceptors (Lipinski definition) is 3. The van der Waals surface area contributed by atoms with Crippen LogP contribution >= 0.6 is 0 Å². The van der Waals surface area contributed by atoms with E-state index in [9.17, 15) is 9.70 Å². The third-order valence-electron chi connectivity index (χ3n) is 7.78. The highest BCUT2D eigenvalue weighted by Gasteiger charge is 2.63. The Kier molecular flexibility index (Phi) is 3.51. The molecular formula is C19H26FNO2. The van der Waals surface area contributed by atoms with E-state index in [4.69, 9.17) is 0 Å². The monoisotopic (exact) mass is 319 g/mol. The number of rotatable bonds is 2. The molecule has 4 heteroatoms. The summed E-state index contributed by atoms with van der Waals surface area (Å²) in [4.78, 5) is 22.5. The molecule has 0 bridgehead atoms. The highest BCUT2D eigenvalue weighted by atomic mass is 19.1. The predicted octanol–water partition coefficient (Wildman–Crippen LogP) is 4.75. The van der Waals surface area contributed by atoms with Crippen LogP contribution in [0.2, 0.25) is 0 Å². The van der Waals surface area contributed by atoms with Crippen molar-refractivity contribution in [2.75, 3.05) is 6.54 Å². The van der Waals surface area contributed by atoms with Gasteiger partial charge in [-0.05, 0) is 62.7 Å². The summed E-state index contributed by atoms with van der Waals surface area (Å²) in [7, 11) is 0. The Balaban J connectivity index is 1.64. The van der Waals surface area contributed by atoms with Gasteiger partial charge in [-0.3, -0.25) is 4.79 Å². The van der Waals surface area contributed by atoms with Gasteiger partial charge < -0.3 is 0 Å². The summed E-state index contributed by atoms with van der Waals surface area (Å²) < 4.78 is 15.4. The molecule has 0 amide bonds. The Morgan fingerprint density at radius 3 is 2.78 bits per heavy atom. The number of fused-ring (bicyclic) bond motifs is 4. The number of carbonyl (C=O) groups excluding carboxylic acids is 1. The minimum atomic E-state index is -1.40. The van der Waals surface area contributed by atoms with Crippen LogP contribution in [0.3, 0.4) is 0 Å². The Labute approximate surface area is 137 Å². The second-order valence-electron chi connectivity index (χ2n) is 8.51. The van der Waals surface area contributed by atoms with E-state index in [1.54, 1.807) is 5.57 Å². The molecule has 4 aliphatic rings. The Bertz CT molecular complexity index is 586. The maximum atomic E-state index is 15.4. The fourth-order valence-corrected chi connectivity index (χ4v) is 6.49. The molecule has 0 heterocycles. The van der Waals surface area contributed by atoms with Gasteiger partial charge in [-0.25, -0.2) is 4.39 Å². The summed E-state index contributed by atoms with van der Waals surface area (Å²) in [5.41, 5.74) is 1.17. The summed E-state index contributed by atoms with van der Waals surface area (Å²) >= 11 is 0. The van der Waals surface area contributed by atoms with Crippen LogP contribution in [-0.2, 0) is 4.79 Å². The van der Waals surface area contributed by atoms with E-state index in [1.807, 2.05) is 0 Å². The normalized spacial score (nSPS) is 46.2. The first-order valence-electron chi connectivity index (χ1n) is 9.19. The Morgan fingerprint density at radius 1 is 1.17 bits per heavy atom. The van der Waals surface area contributed by atoms with Crippen molar-refractivity contribution in [2.45, 2.75) is 70.4 Å². The maximum Gasteiger partial charge on any atom is 0.139 e. The van der Waals surface area contributed by atoms with Crippen LogP contribution < -0.4 is 0 Å². The Hall–Kier alpha value is -1.06. The first kappa shape index (κ1) is 15.5. The molecule has 23 heavy (non-hydrogen) atoms. The fourth-order valence-electron chi connectivity index (χ4n) is 6.49. The lowest BCUT2D eigenvalue weighted by molar-refractivity contribution is -0.119. The minimum Gasteiger partial charge on any atom is -0.299 e. The van der Waals surface area contributed by atoms with E-state index in [-0.39, 0.29) is 12.0 Å². The summed E-state index contributed by atoms with van der Waals surface area (Å²) in [6, 6.07) is 0. The predicted molar refractivity (Wildman–Crippen MR) is 86.7 cm³/mol. The second-order valence-corrected chi connectivity index (χ2v) is 8.51. The maximum absolute atomic E-state index is 15.4. The number of ketones is 1. The topological polar surface area (TPSA) is 46.5 Å². The quantitative estimate of drug-likeness (QED) is 0.545. The molecular weight excluding hydrogens is 293 g/mol. The smallest absolute Gasteiger partial charge is 0.139 e. The SMILES string of the molecule is C[C@]12CCC3C4=C(CCC3C1CC[C@]2(F)CN=O)CC(=O)CC4. The molecule has 126 valence electrons. The molecule has 0 aromatic rings. The first-order valence-corrected chi connectivity index (χ1v) is 9.19. The fraction of sp³-hybridized carbons (Fsp3) is 0.842. The van der Waals surface area contributed by atoms with Crippen molar-refractivity contribution in [1.82, 2.24) is 0 Å². The second kappa shape index (κ2) is 5.22. The van der Waals surface area contributed by atoms with Crippen molar-refractivity contribution in [3.8, 4) is 0 Å².